The standard InChI is InChI=1S/C19H15N3O5/c23-19(18-6-3-11-26-18)21-20-12-15-4-1-2-5-17(15)27-13-14-7-9-16(10-8-14)22(24)25/h1-12H,13H2,(H,21,23)/b20-12+. The number of hydrogen-bond acceptors (Lipinski definition) is 6. The highest BCUT2D eigenvalue weighted by atomic mass is 16.6. The zero-order valence-corrected chi connectivity index (χ0v) is 14.1. The predicted octanol–water partition coefficient (Wildman–Crippen LogP) is 3.53. The Kier molecular flexibility index (Phi) is 5.58. The molecule has 0 saturated carbocycles. The van der Waals surface area contributed by atoms with Crippen molar-refractivity contribution in [2.75, 3.05) is 0 Å². The fourth-order valence-corrected chi connectivity index (χ4v) is 2.22. The number of furan rings is 1. The van der Waals surface area contributed by atoms with Crippen LogP contribution in [0.3, 0.4) is 0 Å². The lowest BCUT2D eigenvalue weighted by atomic mass is 10.2. The number of hydrogen-bond donors (Lipinski definition) is 1. The highest BCUT2D eigenvalue weighted by molar-refractivity contribution is 5.92. The summed E-state index contributed by atoms with van der Waals surface area (Å²) < 4.78 is 10.7. The van der Waals surface area contributed by atoms with Gasteiger partial charge in [0.25, 0.3) is 5.69 Å². The largest absolute Gasteiger partial charge is 0.488 e. The molecule has 1 aromatic heterocycles. The van der Waals surface area contributed by atoms with Crippen LogP contribution in [0.5, 0.6) is 5.75 Å². The first-order valence-corrected chi connectivity index (χ1v) is 7.95. The second-order valence-electron chi connectivity index (χ2n) is 5.43. The number of benzene rings is 2. The molecule has 0 aliphatic carbocycles. The Labute approximate surface area is 154 Å². The van der Waals surface area contributed by atoms with Crippen molar-refractivity contribution in [2.45, 2.75) is 6.61 Å². The molecule has 0 saturated heterocycles. The van der Waals surface area contributed by atoms with Gasteiger partial charge >= 0.3 is 5.91 Å². The van der Waals surface area contributed by atoms with E-state index in [1.54, 1.807) is 30.3 Å². The summed E-state index contributed by atoms with van der Waals surface area (Å²) in [7, 11) is 0. The van der Waals surface area contributed by atoms with E-state index < -0.39 is 10.8 Å². The van der Waals surface area contributed by atoms with E-state index in [-0.39, 0.29) is 18.1 Å². The van der Waals surface area contributed by atoms with E-state index in [0.717, 1.165) is 5.56 Å². The lowest BCUT2D eigenvalue weighted by Crippen LogP contribution is -2.16. The molecule has 8 nitrogen and oxygen atoms in total. The normalized spacial score (nSPS) is 10.7. The quantitative estimate of drug-likeness (QED) is 0.391. The second kappa shape index (κ2) is 8.43. The minimum atomic E-state index is -0.458. The SMILES string of the molecule is O=C(N/N=C/c1ccccc1OCc1ccc([N+](=O)[O-])cc1)c1ccco1. The maximum atomic E-state index is 11.8. The summed E-state index contributed by atoms with van der Waals surface area (Å²) in [5.74, 6) is 0.266. The highest BCUT2D eigenvalue weighted by Gasteiger charge is 2.07. The molecule has 1 N–H and O–H groups in total. The van der Waals surface area contributed by atoms with Gasteiger partial charge in [-0.3, -0.25) is 14.9 Å². The number of nitrogens with zero attached hydrogens (tertiary/aromatic N) is 2. The molecule has 3 aromatic rings. The fraction of sp³-hybridized carbons (Fsp3) is 0.0526. The third-order valence-electron chi connectivity index (χ3n) is 3.58. The van der Waals surface area contributed by atoms with Crippen molar-refractivity contribution in [3.05, 3.63) is 93.9 Å². The van der Waals surface area contributed by atoms with E-state index >= 15 is 0 Å². The predicted molar refractivity (Wildman–Crippen MR) is 97.6 cm³/mol. The summed E-state index contributed by atoms with van der Waals surface area (Å²) in [6, 6.07) is 16.4. The van der Waals surface area contributed by atoms with Crippen LogP contribution in [-0.4, -0.2) is 17.0 Å². The monoisotopic (exact) mass is 365 g/mol. The van der Waals surface area contributed by atoms with E-state index in [2.05, 4.69) is 10.5 Å². The fourth-order valence-electron chi connectivity index (χ4n) is 2.22. The van der Waals surface area contributed by atoms with Crippen molar-refractivity contribution >= 4 is 17.8 Å². The molecule has 0 aliphatic heterocycles. The average molecular weight is 365 g/mol. The zero-order valence-electron chi connectivity index (χ0n) is 14.1. The third-order valence-corrected chi connectivity index (χ3v) is 3.58. The van der Waals surface area contributed by atoms with Crippen molar-refractivity contribution in [2.24, 2.45) is 5.10 Å². The first-order valence-electron chi connectivity index (χ1n) is 7.95. The molecule has 0 radical (unpaired) electrons. The number of nitro groups is 1. The maximum Gasteiger partial charge on any atom is 0.307 e. The van der Waals surface area contributed by atoms with Crippen LogP contribution >= 0.6 is 0 Å². The average Bonchev–Trinajstić information content (AvgIpc) is 3.22. The second-order valence-corrected chi connectivity index (χ2v) is 5.43. The molecule has 27 heavy (non-hydrogen) atoms. The number of carbonyl (C=O) groups is 1. The van der Waals surface area contributed by atoms with E-state index in [0.29, 0.717) is 11.3 Å². The molecule has 136 valence electrons. The summed E-state index contributed by atoms with van der Waals surface area (Å²) in [4.78, 5) is 22.0. The van der Waals surface area contributed by atoms with Gasteiger partial charge in [-0.05, 0) is 42.0 Å². The van der Waals surface area contributed by atoms with Crippen LogP contribution in [0.2, 0.25) is 0 Å². The number of para-hydroxylation sites is 1. The van der Waals surface area contributed by atoms with E-state index in [4.69, 9.17) is 9.15 Å². The van der Waals surface area contributed by atoms with Gasteiger partial charge in [0.2, 0.25) is 0 Å². The lowest BCUT2D eigenvalue weighted by Gasteiger charge is -2.09. The van der Waals surface area contributed by atoms with Crippen molar-refractivity contribution in [1.29, 1.82) is 0 Å². The zero-order chi connectivity index (χ0) is 19.1. The molecule has 3 rings (SSSR count). The minimum absolute atomic E-state index is 0.0265. The molecule has 0 aliphatic rings. The third kappa shape index (κ3) is 4.79. The Hall–Kier alpha value is -3.94. The topological polar surface area (TPSA) is 107 Å². The van der Waals surface area contributed by atoms with Gasteiger partial charge in [-0.1, -0.05) is 12.1 Å². The maximum absolute atomic E-state index is 11.8. The summed E-state index contributed by atoms with van der Waals surface area (Å²) in [6.07, 6.45) is 2.87. The van der Waals surface area contributed by atoms with Gasteiger partial charge in [-0.2, -0.15) is 5.10 Å². The molecular weight excluding hydrogens is 350 g/mol. The van der Waals surface area contributed by atoms with Crippen LogP contribution in [-0.2, 0) is 6.61 Å². The highest BCUT2D eigenvalue weighted by Crippen LogP contribution is 2.19. The Bertz CT molecular complexity index is 950. The molecule has 1 amide bonds. The number of non-ortho nitro benzene ring substituents is 1. The Morgan fingerprint density at radius 1 is 1.15 bits per heavy atom. The molecule has 0 fully saturated rings. The number of nitro benzene ring substituents is 1. The van der Waals surface area contributed by atoms with E-state index in [1.807, 2.05) is 12.1 Å². The minimum Gasteiger partial charge on any atom is -0.488 e. The van der Waals surface area contributed by atoms with Crippen molar-refractivity contribution < 1.29 is 18.9 Å². The van der Waals surface area contributed by atoms with Crippen LogP contribution in [0.1, 0.15) is 21.7 Å². The molecule has 0 bridgehead atoms. The summed E-state index contributed by atoms with van der Waals surface area (Å²) in [5.41, 5.74) is 3.85. The first kappa shape index (κ1) is 17.9. The van der Waals surface area contributed by atoms with Crippen LogP contribution < -0.4 is 10.2 Å². The molecule has 1 heterocycles. The van der Waals surface area contributed by atoms with Crippen LogP contribution in [0.25, 0.3) is 0 Å². The van der Waals surface area contributed by atoms with Crippen molar-refractivity contribution in [3.63, 3.8) is 0 Å². The van der Waals surface area contributed by atoms with Gasteiger partial charge < -0.3 is 9.15 Å². The number of hydrazone groups is 1. The van der Waals surface area contributed by atoms with Gasteiger partial charge in [-0.25, -0.2) is 5.43 Å². The van der Waals surface area contributed by atoms with Crippen molar-refractivity contribution in [1.82, 2.24) is 5.43 Å². The Morgan fingerprint density at radius 3 is 2.63 bits per heavy atom. The van der Waals surface area contributed by atoms with Gasteiger partial charge in [0.05, 0.1) is 17.4 Å². The Morgan fingerprint density at radius 2 is 1.93 bits per heavy atom. The molecular formula is C19H15N3O5. The van der Waals surface area contributed by atoms with E-state index in [1.165, 1.54) is 30.7 Å². The first-order chi connectivity index (χ1) is 13.1. The molecule has 0 atom stereocenters. The Balaban J connectivity index is 1.62. The number of carbonyl (C=O) groups excluding carboxylic acids is 1. The molecule has 2 aromatic carbocycles. The number of rotatable bonds is 7. The van der Waals surface area contributed by atoms with E-state index in [9.17, 15) is 14.9 Å². The summed E-state index contributed by atoms with van der Waals surface area (Å²) in [6.45, 7) is 0.238. The van der Waals surface area contributed by atoms with Gasteiger partial charge in [0, 0.05) is 17.7 Å². The lowest BCUT2D eigenvalue weighted by molar-refractivity contribution is -0.384. The number of amides is 1. The van der Waals surface area contributed by atoms with Gasteiger partial charge in [0.1, 0.15) is 12.4 Å². The molecule has 0 unspecified atom stereocenters. The van der Waals surface area contributed by atoms with Crippen LogP contribution in [0, 0.1) is 10.1 Å². The number of nitrogens with one attached hydrogen (secondary N) is 1. The summed E-state index contributed by atoms with van der Waals surface area (Å²) in [5, 5.41) is 14.6. The molecule has 8 heteroatoms. The van der Waals surface area contributed by atoms with Crippen LogP contribution in [0.15, 0.2) is 76.4 Å². The summed E-state index contributed by atoms with van der Waals surface area (Å²) >= 11 is 0. The van der Waals surface area contributed by atoms with Crippen LogP contribution in [0.4, 0.5) is 5.69 Å². The van der Waals surface area contributed by atoms with Gasteiger partial charge in [0.15, 0.2) is 5.76 Å². The molecule has 0 spiro atoms. The number of ether oxygens (including phenoxy) is 1. The smallest absolute Gasteiger partial charge is 0.307 e. The van der Waals surface area contributed by atoms with Gasteiger partial charge in [-0.15, -0.1) is 0 Å². The van der Waals surface area contributed by atoms with Crippen molar-refractivity contribution in [3.8, 4) is 5.75 Å².